The van der Waals surface area contributed by atoms with Crippen molar-refractivity contribution in [3.05, 3.63) is 65.4 Å². The van der Waals surface area contributed by atoms with Gasteiger partial charge in [0.25, 0.3) is 0 Å². The molecule has 0 atom stereocenters. The number of benzene rings is 1. The molecule has 0 aliphatic heterocycles. The first-order chi connectivity index (χ1) is 10.2. The Labute approximate surface area is 127 Å². The number of rotatable bonds is 3. The Bertz CT molecular complexity index is 797. The minimum absolute atomic E-state index is 0.595. The van der Waals surface area contributed by atoms with E-state index in [0.29, 0.717) is 10.8 Å². The van der Waals surface area contributed by atoms with E-state index in [1.807, 2.05) is 43.3 Å². The second-order valence-electron chi connectivity index (χ2n) is 4.56. The third-order valence-corrected chi connectivity index (χ3v) is 3.26. The van der Waals surface area contributed by atoms with Gasteiger partial charge < -0.3 is 0 Å². The maximum Gasteiger partial charge on any atom is 0.146 e. The zero-order valence-corrected chi connectivity index (χ0v) is 12.2. The molecule has 0 aliphatic carbocycles. The van der Waals surface area contributed by atoms with Crippen LogP contribution in [0.3, 0.4) is 0 Å². The topological polar surface area (TPSA) is 50.2 Å². The summed E-state index contributed by atoms with van der Waals surface area (Å²) in [6.07, 6.45) is 1.57. The lowest BCUT2D eigenvalue weighted by Gasteiger charge is -2.04. The number of aromatic nitrogens is 2. The number of nitrogens with zero attached hydrogens (tertiary/aromatic N) is 3. The van der Waals surface area contributed by atoms with Crippen molar-refractivity contribution in [2.75, 3.05) is 5.43 Å². The first-order valence-corrected chi connectivity index (χ1v) is 6.88. The highest BCUT2D eigenvalue weighted by Crippen LogP contribution is 2.13. The van der Waals surface area contributed by atoms with Crippen molar-refractivity contribution in [1.82, 2.24) is 9.97 Å². The van der Waals surface area contributed by atoms with E-state index in [0.717, 1.165) is 22.3 Å². The average molecular weight is 297 g/mol. The van der Waals surface area contributed by atoms with Gasteiger partial charge in [-0.15, -0.1) is 0 Å². The quantitative estimate of drug-likeness (QED) is 0.584. The van der Waals surface area contributed by atoms with Gasteiger partial charge in [0.1, 0.15) is 5.82 Å². The lowest BCUT2D eigenvalue weighted by atomic mass is 10.2. The van der Waals surface area contributed by atoms with Crippen LogP contribution in [0.5, 0.6) is 0 Å². The first kappa shape index (κ1) is 13.5. The van der Waals surface area contributed by atoms with Crippen molar-refractivity contribution in [3.63, 3.8) is 0 Å². The molecule has 104 valence electrons. The van der Waals surface area contributed by atoms with E-state index in [1.165, 1.54) is 0 Å². The summed E-state index contributed by atoms with van der Waals surface area (Å²) in [4.78, 5) is 8.71. The summed E-state index contributed by atoms with van der Waals surface area (Å²) < 4.78 is 0. The Balaban J connectivity index is 1.83. The standard InChI is InChI=1S/C16H13ClN4/c1-11(20-21-16-9-7-13(17)10-18-16)14-8-6-12-4-2-3-5-15(12)19-14/h2-10H,1H3,(H,18,21)/b20-11+. The van der Waals surface area contributed by atoms with E-state index in [1.54, 1.807) is 18.3 Å². The van der Waals surface area contributed by atoms with Gasteiger partial charge in [0.15, 0.2) is 0 Å². The van der Waals surface area contributed by atoms with Gasteiger partial charge >= 0.3 is 0 Å². The number of pyridine rings is 2. The highest BCUT2D eigenvalue weighted by Gasteiger charge is 2.01. The van der Waals surface area contributed by atoms with Gasteiger partial charge in [0.05, 0.1) is 21.9 Å². The average Bonchev–Trinajstić information content (AvgIpc) is 2.53. The SMILES string of the molecule is C/C(=N\Nc1ccc(Cl)cn1)c1ccc2ccccc2n1. The van der Waals surface area contributed by atoms with Gasteiger partial charge in [-0.1, -0.05) is 35.9 Å². The van der Waals surface area contributed by atoms with Crippen LogP contribution >= 0.6 is 11.6 Å². The van der Waals surface area contributed by atoms with Gasteiger partial charge in [0, 0.05) is 11.6 Å². The second kappa shape index (κ2) is 5.89. The van der Waals surface area contributed by atoms with Crippen LogP contribution in [-0.2, 0) is 0 Å². The molecule has 0 saturated carbocycles. The van der Waals surface area contributed by atoms with Crippen molar-refractivity contribution in [1.29, 1.82) is 0 Å². The smallest absolute Gasteiger partial charge is 0.146 e. The van der Waals surface area contributed by atoms with Crippen molar-refractivity contribution >= 4 is 34.0 Å². The molecule has 21 heavy (non-hydrogen) atoms. The molecule has 0 unspecified atom stereocenters. The molecule has 2 heterocycles. The molecule has 0 fully saturated rings. The molecule has 0 amide bonds. The maximum absolute atomic E-state index is 5.79. The highest BCUT2D eigenvalue weighted by atomic mass is 35.5. The Morgan fingerprint density at radius 1 is 1.10 bits per heavy atom. The normalized spacial score (nSPS) is 11.6. The monoisotopic (exact) mass is 296 g/mol. The van der Waals surface area contributed by atoms with Gasteiger partial charge in [-0.3, -0.25) is 5.43 Å². The lowest BCUT2D eigenvalue weighted by molar-refractivity contribution is 1.21. The minimum Gasteiger partial charge on any atom is -0.261 e. The molecule has 0 spiro atoms. The van der Waals surface area contributed by atoms with Gasteiger partial charge in [-0.2, -0.15) is 5.10 Å². The number of halogens is 1. The number of para-hydroxylation sites is 1. The number of nitrogens with one attached hydrogen (secondary N) is 1. The molecule has 0 bridgehead atoms. The molecule has 0 aliphatic rings. The molecular weight excluding hydrogens is 284 g/mol. The molecule has 3 rings (SSSR count). The molecule has 1 N–H and O–H groups in total. The summed E-state index contributed by atoms with van der Waals surface area (Å²) in [5, 5.41) is 6.01. The van der Waals surface area contributed by atoms with E-state index < -0.39 is 0 Å². The van der Waals surface area contributed by atoms with E-state index >= 15 is 0 Å². The molecule has 0 saturated heterocycles. The van der Waals surface area contributed by atoms with E-state index in [-0.39, 0.29) is 0 Å². The van der Waals surface area contributed by atoms with Gasteiger partial charge in [0.2, 0.25) is 0 Å². The Kier molecular flexibility index (Phi) is 3.79. The molecule has 4 nitrogen and oxygen atoms in total. The fraction of sp³-hybridized carbons (Fsp3) is 0.0625. The number of hydrazone groups is 1. The predicted octanol–water partition coefficient (Wildman–Crippen LogP) is 4.12. The van der Waals surface area contributed by atoms with Crippen molar-refractivity contribution < 1.29 is 0 Å². The predicted molar refractivity (Wildman–Crippen MR) is 86.8 cm³/mol. The van der Waals surface area contributed by atoms with E-state index in [4.69, 9.17) is 11.6 Å². The summed E-state index contributed by atoms with van der Waals surface area (Å²) in [7, 11) is 0. The third-order valence-electron chi connectivity index (χ3n) is 3.03. The van der Waals surface area contributed by atoms with Crippen LogP contribution in [0.25, 0.3) is 10.9 Å². The van der Waals surface area contributed by atoms with Crippen LogP contribution in [0, 0.1) is 0 Å². The fourth-order valence-electron chi connectivity index (χ4n) is 1.91. The second-order valence-corrected chi connectivity index (χ2v) is 5.00. The summed E-state index contributed by atoms with van der Waals surface area (Å²) >= 11 is 5.79. The Hall–Kier alpha value is -2.46. The molecule has 2 aromatic heterocycles. The molecular formula is C16H13ClN4. The summed E-state index contributed by atoms with van der Waals surface area (Å²) in [6, 6.07) is 15.5. The molecule has 0 radical (unpaired) electrons. The highest BCUT2D eigenvalue weighted by molar-refractivity contribution is 6.30. The van der Waals surface area contributed by atoms with Crippen LogP contribution in [0.15, 0.2) is 59.8 Å². The van der Waals surface area contributed by atoms with Crippen LogP contribution in [-0.4, -0.2) is 15.7 Å². The van der Waals surface area contributed by atoms with Crippen molar-refractivity contribution in [2.45, 2.75) is 6.92 Å². The molecule has 5 heteroatoms. The van der Waals surface area contributed by atoms with Crippen LogP contribution in [0.1, 0.15) is 12.6 Å². The van der Waals surface area contributed by atoms with E-state index in [2.05, 4.69) is 20.5 Å². The minimum atomic E-state index is 0.595. The number of fused-ring (bicyclic) bond motifs is 1. The summed E-state index contributed by atoms with van der Waals surface area (Å²) in [5.41, 5.74) is 5.47. The largest absolute Gasteiger partial charge is 0.261 e. The van der Waals surface area contributed by atoms with E-state index in [9.17, 15) is 0 Å². The van der Waals surface area contributed by atoms with Gasteiger partial charge in [-0.25, -0.2) is 9.97 Å². The lowest BCUT2D eigenvalue weighted by Crippen LogP contribution is -2.03. The Morgan fingerprint density at radius 3 is 2.76 bits per heavy atom. The number of hydrogen-bond donors (Lipinski definition) is 1. The van der Waals surface area contributed by atoms with Crippen LogP contribution in [0.2, 0.25) is 5.02 Å². The maximum atomic E-state index is 5.79. The first-order valence-electron chi connectivity index (χ1n) is 6.50. The summed E-state index contributed by atoms with van der Waals surface area (Å²) in [6.45, 7) is 1.90. The summed E-state index contributed by atoms with van der Waals surface area (Å²) in [5.74, 6) is 0.638. The van der Waals surface area contributed by atoms with Crippen LogP contribution < -0.4 is 5.43 Å². The number of anilines is 1. The third kappa shape index (κ3) is 3.17. The van der Waals surface area contributed by atoms with Crippen LogP contribution in [0.4, 0.5) is 5.82 Å². The zero-order chi connectivity index (χ0) is 14.7. The molecule has 1 aromatic carbocycles. The van der Waals surface area contributed by atoms with Gasteiger partial charge in [-0.05, 0) is 31.2 Å². The Morgan fingerprint density at radius 2 is 1.95 bits per heavy atom. The zero-order valence-electron chi connectivity index (χ0n) is 11.4. The number of hydrogen-bond acceptors (Lipinski definition) is 4. The van der Waals surface area contributed by atoms with Crippen molar-refractivity contribution in [2.24, 2.45) is 5.10 Å². The van der Waals surface area contributed by atoms with Crippen molar-refractivity contribution in [3.8, 4) is 0 Å². The fourth-order valence-corrected chi connectivity index (χ4v) is 2.02. The molecule has 3 aromatic rings.